The molecule has 0 fully saturated rings. The summed E-state index contributed by atoms with van der Waals surface area (Å²) in [7, 11) is -2.27. The van der Waals surface area contributed by atoms with Crippen LogP contribution in [0.5, 0.6) is 0 Å². The van der Waals surface area contributed by atoms with Gasteiger partial charge >= 0.3 is 0 Å². The van der Waals surface area contributed by atoms with Crippen LogP contribution < -0.4 is 5.73 Å². The molecule has 0 saturated heterocycles. The lowest BCUT2D eigenvalue weighted by Gasteiger charge is -1.98. The third kappa shape index (κ3) is 1.74. The van der Waals surface area contributed by atoms with E-state index in [1.54, 1.807) is 22.9 Å². The first kappa shape index (κ1) is 10.6. The molecule has 2 aromatic rings. The number of nitrogens with zero attached hydrogens (tertiary/aromatic N) is 1. The Morgan fingerprint density at radius 3 is 2.81 bits per heavy atom. The molecule has 0 aliphatic carbocycles. The molecular weight excluding hydrogens is 226 g/mol. The van der Waals surface area contributed by atoms with Gasteiger partial charge < -0.3 is 5.73 Å². The molecular formula is C10H11N3O2S. The molecule has 0 unspecified atom stereocenters. The minimum atomic E-state index is -2.27. The maximum Gasteiger partial charge on any atom is 0.240 e. The Labute approximate surface area is 93.3 Å². The molecule has 0 spiro atoms. The van der Waals surface area contributed by atoms with Gasteiger partial charge in [0.1, 0.15) is 0 Å². The first-order chi connectivity index (χ1) is 7.74. The normalized spacial score (nSPS) is 11.2. The predicted octanol–water partition coefficient (Wildman–Crippen LogP) is 0.853. The van der Waals surface area contributed by atoms with Crippen molar-refractivity contribution in [3.8, 4) is 0 Å². The summed E-state index contributed by atoms with van der Waals surface area (Å²) in [6.45, 7) is 0.508. The van der Waals surface area contributed by atoms with Gasteiger partial charge in [0.25, 0.3) is 0 Å². The maximum atomic E-state index is 11.0. The molecule has 6 heteroatoms. The van der Waals surface area contributed by atoms with E-state index in [9.17, 15) is 8.42 Å². The van der Waals surface area contributed by atoms with Crippen molar-refractivity contribution in [1.82, 2.24) is 9.78 Å². The summed E-state index contributed by atoms with van der Waals surface area (Å²) in [4.78, 5) is 0. The number of aromatic nitrogens is 2. The number of rotatable bonds is 2. The average Bonchev–Trinajstić information content (AvgIpc) is 2.65. The van der Waals surface area contributed by atoms with Crippen LogP contribution in [0.2, 0.25) is 0 Å². The van der Waals surface area contributed by atoms with Gasteiger partial charge in [0, 0.05) is 5.39 Å². The van der Waals surface area contributed by atoms with Crippen LogP contribution in [0.15, 0.2) is 36.5 Å². The van der Waals surface area contributed by atoms with Crippen LogP contribution in [0.4, 0.5) is 0 Å². The van der Waals surface area contributed by atoms with Crippen molar-refractivity contribution in [3.05, 3.63) is 41.2 Å². The van der Waals surface area contributed by atoms with Crippen molar-refractivity contribution >= 4 is 21.2 Å². The molecule has 3 N–H and O–H groups in total. The highest BCUT2D eigenvalue weighted by Crippen LogP contribution is 2.14. The number of H-pyrrole nitrogens is 1. The number of hydrogen-bond donors (Lipinski definition) is 2. The molecule has 1 aromatic carbocycles. The highest BCUT2D eigenvalue weighted by molar-refractivity contribution is 7.64. The van der Waals surface area contributed by atoms with Crippen molar-refractivity contribution in [2.45, 2.75) is 6.54 Å². The van der Waals surface area contributed by atoms with Crippen molar-refractivity contribution in [2.24, 2.45) is 5.73 Å². The molecule has 16 heavy (non-hydrogen) atoms. The van der Waals surface area contributed by atoms with E-state index in [0.29, 0.717) is 11.9 Å². The third-order valence-corrected chi connectivity index (χ3v) is 2.91. The van der Waals surface area contributed by atoms with Gasteiger partial charge in [-0.3, -0.25) is 9.78 Å². The Balaban J connectivity index is 2.83. The topological polar surface area (TPSA) is 80.9 Å². The molecule has 5 nitrogen and oxygen atoms in total. The van der Waals surface area contributed by atoms with Gasteiger partial charge in [-0.2, -0.15) is 8.42 Å². The second kappa shape index (κ2) is 4.28. The molecule has 1 aromatic heterocycles. The van der Waals surface area contributed by atoms with Crippen LogP contribution in [0.3, 0.4) is 0 Å². The van der Waals surface area contributed by atoms with E-state index in [0.717, 1.165) is 5.52 Å². The van der Waals surface area contributed by atoms with Gasteiger partial charge in [-0.05, 0) is 24.4 Å². The minimum Gasteiger partial charge on any atom is -0.405 e. The van der Waals surface area contributed by atoms with E-state index in [1.165, 1.54) is 6.20 Å². The molecule has 0 amide bonds. The minimum absolute atomic E-state index is 0.195. The fourth-order valence-corrected chi connectivity index (χ4v) is 2.12. The van der Waals surface area contributed by atoms with Crippen LogP contribution in [-0.2, 0) is 16.8 Å². The zero-order chi connectivity index (χ0) is 11.5. The SMILES string of the molecule is NC=CCn1[nH]c(=S(=O)=O)c2ccccc21. The summed E-state index contributed by atoms with van der Waals surface area (Å²) >= 11 is 0. The number of fused-ring (bicyclic) bond motifs is 1. The number of para-hydroxylation sites is 1. The van der Waals surface area contributed by atoms with Crippen molar-refractivity contribution < 1.29 is 8.42 Å². The second-order valence-electron chi connectivity index (χ2n) is 3.23. The molecule has 0 saturated carbocycles. The van der Waals surface area contributed by atoms with E-state index in [2.05, 4.69) is 5.10 Å². The first-order valence-corrected chi connectivity index (χ1v) is 5.78. The van der Waals surface area contributed by atoms with Gasteiger partial charge in [-0.1, -0.05) is 12.1 Å². The Bertz CT molecular complexity index is 699. The maximum absolute atomic E-state index is 11.0. The van der Waals surface area contributed by atoms with Crippen molar-refractivity contribution in [1.29, 1.82) is 0 Å². The number of aromatic amines is 1. The Morgan fingerprint density at radius 1 is 1.38 bits per heavy atom. The molecule has 0 bridgehead atoms. The standard InChI is InChI=1S/C10H11N3O2S/c11-6-3-7-13-9-5-2-1-4-8(9)10(12-13)16(14)15/h1-6,12H,7,11H2. The zero-order valence-corrected chi connectivity index (χ0v) is 9.24. The predicted molar refractivity (Wildman–Crippen MR) is 61.8 cm³/mol. The van der Waals surface area contributed by atoms with E-state index >= 15 is 0 Å². The van der Waals surface area contributed by atoms with Gasteiger partial charge in [-0.25, -0.2) is 0 Å². The third-order valence-electron chi connectivity index (χ3n) is 2.27. The summed E-state index contributed by atoms with van der Waals surface area (Å²) in [5.41, 5.74) is 6.09. The number of benzene rings is 1. The fourth-order valence-electron chi connectivity index (χ4n) is 1.58. The molecule has 2 rings (SSSR count). The van der Waals surface area contributed by atoms with Crippen molar-refractivity contribution in [2.75, 3.05) is 0 Å². The van der Waals surface area contributed by atoms with Crippen LogP contribution in [-0.4, -0.2) is 18.2 Å². The molecule has 0 atom stereocenters. The van der Waals surface area contributed by atoms with Crippen LogP contribution in [0.25, 0.3) is 10.9 Å². The molecule has 84 valence electrons. The lowest BCUT2D eigenvalue weighted by molar-refractivity contribution is 0.622. The number of nitrogens with one attached hydrogen (secondary N) is 1. The fraction of sp³-hybridized carbons (Fsp3) is 0.100. The molecule has 1 heterocycles. The second-order valence-corrected chi connectivity index (χ2v) is 4.11. The summed E-state index contributed by atoms with van der Waals surface area (Å²) in [6.07, 6.45) is 3.16. The summed E-state index contributed by atoms with van der Waals surface area (Å²) in [5, 5.41) is 3.50. The summed E-state index contributed by atoms with van der Waals surface area (Å²) in [5.74, 6) is 0. The Kier molecular flexibility index (Phi) is 2.82. The van der Waals surface area contributed by atoms with Gasteiger partial charge in [-0.15, -0.1) is 0 Å². The number of allylic oxidation sites excluding steroid dienone is 1. The largest absolute Gasteiger partial charge is 0.405 e. The number of hydrogen-bond acceptors (Lipinski definition) is 3. The molecule has 0 aliphatic rings. The van der Waals surface area contributed by atoms with Crippen LogP contribution in [0, 0.1) is 4.64 Å². The van der Waals surface area contributed by atoms with Crippen molar-refractivity contribution in [3.63, 3.8) is 0 Å². The van der Waals surface area contributed by atoms with Gasteiger partial charge in [0.2, 0.25) is 10.3 Å². The summed E-state index contributed by atoms with van der Waals surface area (Å²) < 4.78 is 24.0. The van der Waals surface area contributed by atoms with Gasteiger partial charge in [0.15, 0.2) is 4.64 Å². The smallest absolute Gasteiger partial charge is 0.240 e. The van der Waals surface area contributed by atoms with E-state index in [-0.39, 0.29) is 4.64 Å². The monoisotopic (exact) mass is 237 g/mol. The Hall–Kier alpha value is -1.95. The highest BCUT2D eigenvalue weighted by Gasteiger charge is 2.03. The lowest BCUT2D eigenvalue weighted by Crippen LogP contribution is -1.97. The lowest BCUT2D eigenvalue weighted by atomic mass is 10.2. The number of nitrogens with two attached hydrogens (primary N) is 1. The van der Waals surface area contributed by atoms with E-state index < -0.39 is 10.3 Å². The van der Waals surface area contributed by atoms with Crippen LogP contribution >= 0.6 is 0 Å². The summed E-state index contributed by atoms with van der Waals surface area (Å²) in [6, 6.07) is 7.28. The zero-order valence-electron chi connectivity index (χ0n) is 8.42. The molecule has 0 radical (unpaired) electrons. The van der Waals surface area contributed by atoms with E-state index in [1.807, 2.05) is 12.1 Å². The quantitative estimate of drug-likeness (QED) is 0.760. The molecule has 0 aliphatic heterocycles. The highest BCUT2D eigenvalue weighted by atomic mass is 32.2. The van der Waals surface area contributed by atoms with E-state index in [4.69, 9.17) is 5.73 Å². The van der Waals surface area contributed by atoms with Gasteiger partial charge in [0.05, 0.1) is 12.1 Å². The van der Waals surface area contributed by atoms with Crippen LogP contribution in [0.1, 0.15) is 0 Å². The average molecular weight is 237 g/mol. The Morgan fingerprint density at radius 2 is 2.12 bits per heavy atom. The first-order valence-electron chi connectivity index (χ1n) is 4.70.